The normalized spacial score (nSPS) is 25.5. The van der Waals surface area contributed by atoms with Gasteiger partial charge < -0.3 is 9.47 Å². The van der Waals surface area contributed by atoms with Gasteiger partial charge in [-0.05, 0) is 44.4 Å². The summed E-state index contributed by atoms with van der Waals surface area (Å²) in [6.45, 7) is 4.08. The number of likely N-dealkylation sites (tertiary alicyclic amines) is 1. The molecule has 2 aliphatic carbocycles. The molecule has 1 saturated heterocycles. The number of rotatable bonds is 5. The molecule has 0 N–H and O–H groups in total. The zero-order chi connectivity index (χ0) is 15.1. The molecule has 0 bridgehead atoms. The van der Waals surface area contributed by atoms with Gasteiger partial charge in [0.05, 0.1) is 5.75 Å². The van der Waals surface area contributed by atoms with Gasteiger partial charge in [0, 0.05) is 25.0 Å². The van der Waals surface area contributed by atoms with Gasteiger partial charge in [0.15, 0.2) is 5.16 Å². The molecule has 22 heavy (non-hydrogen) atoms. The van der Waals surface area contributed by atoms with Gasteiger partial charge in [-0.3, -0.25) is 4.79 Å². The fourth-order valence-corrected chi connectivity index (χ4v) is 4.23. The first-order valence-corrected chi connectivity index (χ1v) is 9.56. The maximum absolute atomic E-state index is 12.4. The topological polar surface area (TPSA) is 51.0 Å². The second-order valence-electron chi connectivity index (χ2n) is 7.09. The highest BCUT2D eigenvalue weighted by Gasteiger charge is 2.36. The van der Waals surface area contributed by atoms with Crippen LogP contribution < -0.4 is 0 Å². The van der Waals surface area contributed by atoms with Crippen molar-refractivity contribution >= 4 is 17.7 Å². The van der Waals surface area contributed by atoms with Crippen molar-refractivity contribution in [2.45, 2.75) is 62.6 Å². The fourth-order valence-electron chi connectivity index (χ4n) is 3.32. The van der Waals surface area contributed by atoms with Crippen molar-refractivity contribution in [2.24, 2.45) is 5.92 Å². The second kappa shape index (κ2) is 5.87. The van der Waals surface area contributed by atoms with E-state index in [0.717, 1.165) is 24.7 Å². The Kier molecular flexibility index (Phi) is 3.88. The predicted octanol–water partition coefficient (Wildman–Crippen LogP) is 2.84. The first-order valence-electron chi connectivity index (χ1n) is 8.57. The van der Waals surface area contributed by atoms with Crippen molar-refractivity contribution < 1.29 is 4.79 Å². The molecule has 2 heterocycles. The van der Waals surface area contributed by atoms with Crippen molar-refractivity contribution in [3.63, 3.8) is 0 Å². The van der Waals surface area contributed by atoms with E-state index < -0.39 is 0 Å². The molecule has 1 amide bonds. The third-order valence-electron chi connectivity index (χ3n) is 4.88. The van der Waals surface area contributed by atoms with Crippen LogP contribution in [0, 0.1) is 5.92 Å². The summed E-state index contributed by atoms with van der Waals surface area (Å²) in [6, 6.07) is 0.596. The Labute approximate surface area is 135 Å². The lowest BCUT2D eigenvalue weighted by atomic mass is 10.0. The van der Waals surface area contributed by atoms with Gasteiger partial charge in [0.2, 0.25) is 5.91 Å². The van der Waals surface area contributed by atoms with Crippen LogP contribution in [0.1, 0.15) is 63.2 Å². The first kappa shape index (κ1) is 14.5. The van der Waals surface area contributed by atoms with Crippen molar-refractivity contribution in [3.05, 3.63) is 5.82 Å². The number of hydrogen-bond donors (Lipinski definition) is 0. The quantitative estimate of drug-likeness (QED) is 0.783. The molecule has 1 atom stereocenters. The van der Waals surface area contributed by atoms with Crippen LogP contribution in [0.5, 0.6) is 0 Å². The van der Waals surface area contributed by atoms with E-state index in [4.69, 9.17) is 0 Å². The van der Waals surface area contributed by atoms with Gasteiger partial charge in [-0.25, -0.2) is 0 Å². The Morgan fingerprint density at radius 2 is 2.05 bits per heavy atom. The molecule has 6 heteroatoms. The number of carbonyl (C=O) groups is 1. The van der Waals surface area contributed by atoms with Crippen LogP contribution in [0.4, 0.5) is 0 Å². The minimum Gasteiger partial charge on any atom is -0.342 e. The third kappa shape index (κ3) is 3.03. The average Bonchev–Trinajstić information content (AvgIpc) is 3.43. The van der Waals surface area contributed by atoms with Crippen molar-refractivity contribution in [1.29, 1.82) is 0 Å². The summed E-state index contributed by atoms with van der Waals surface area (Å²) in [7, 11) is 0. The van der Waals surface area contributed by atoms with Crippen LogP contribution >= 0.6 is 11.8 Å². The van der Waals surface area contributed by atoms with Crippen molar-refractivity contribution in [2.75, 3.05) is 18.8 Å². The Hall–Kier alpha value is -1.04. The summed E-state index contributed by atoms with van der Waals surface area (Å²) in [6.07, 6.45) is 7.37. The number of nitrogens with zero attached hydrogens (tertiary/aromatic N) is 4. The Morgan fingerprint density at radius 3 is 2.73 bits per heavy atom. The molecule has 1 aliphatic heterocycles. The highest BCUT2D eigenvalue weighted by atomic mass is 32.2. The maximum atomic E-state index is 12.4. The van der Waals surface area contributed by atoms with Crippen molar-refractivity contribution in [1.82, 2.24) is 19.7 Å². The molecule has 1 aromatic rings. The van der Waals surface area contributed by atoms with E-state index in [1.54, 1.807) is 11.8 Å². The third-order valence-corrected chi connectivity index (χ3v) is 5.81. The summed E-state index contributed by atoms with van der Waals surface area (Å²) >= 11 is 1.58. The summed E-state index contributed by atoms with van der Waals surface area (Å²) in [5.74, 6) is 3.20. The minimum absolute atomic E-state index is 0.259. The van der Waals surface area contributed by atoms with E-state index >= 15 is 0 Å². The zero-order valence-electron chi connectivity index (χ0n) is 13.2. The summed E-state index contributed by atoms with van der Waals surface area (Å²) in [5.41, 5.74) is 0. The molecule has 4 rings (SSSR count). The lowest BCUT2D eigenvalue weighted by Crippen LogP contribution is -2.40. The van der Waals surface area contributed by atoms with Gasteiger partial charge in [0.1, 0.15) is 5.82 Å². The zero-order valence-corrected chi connectivity index (χ0v) is 14.0. The molecule has 2 saturated carbocycles. The molecule has 120 valence electrons. The number of thioether (sulfide) groups is 1. The Morgan fingerprint density at radius 1 is 1.23 bits per heavy atom. The van der Waals surface area contributed by atoms with Crippen LogP contribution in [-0.2, 0) is 4.79 Å². The van der Waals surface area contributed by atoms with E-state index in [2.05, 4.69) is 21.7 Å². The lowest BCUT2D eigenvalue weighted by Gasteiger charge is -2.30. The van der Waals surface area contributed by atoms with Crippen LogP contribution in [0.15, 0.2) is 5.16 Å². The highest BCUT2D eigenvalue weighted by molar-refractivity contribution is 7.99. The van der Waals surface area contributed by atoms with Crippen LogP contribution in [0.3, 0.4) is 0 Å². The van der Waals surface area contributed by atoms with Gasteiger partial charge in [0.25, 0.3) is 0 Å². The Bertz CT molecular complexity index is 564. The molecule has 0 radical (unpaired) electrons. The van der Waals surface area contributed by atoms with Crippen molar-refractivity contribution in [3.8, 4) is 0 Å². The number of hydrogen-bond acceptors (Lipinski definition) is 4. The summed E-state index contributed by atoms with van der Waals surface area (Å²) < 4.78 is 2.33. The minimum atomic E-state index is 0.259. The highest BCUT2D eigenvalue weighted by Crippen LogP contribution is 2.46. The number of amides is 1. The van der Waals surface area contributed by atoms with Gasteiger partial charge in [-0.2, -0.15) is 0 Å². The van der Waals surface area contributed by atoms with Crippen LogP contribution in [0.25, 0.3) is 0 Å². The van der Waals surface area contributed by atoms with E-state index in [1.165, 1.54) is 37.9 Å². The molecular weight excluding hydrogens is 296 g/mol. The Balaban J connectivity index is 1.40. The molecule has 1 aromatic heterocycles. The van der Waals surface area contributed by atoms with Crippen LogP contribution in [0.2, 0.25) is 0 Å². The number of piperidine rings is 1. The van der Waals surface area contributed by atoms with Gasteiger partial charge in [-0.1, -0.05) is 18.7 Å². The van der Waals surface area contributed by atoms with E-state index in [0.29, 0.717) is 23.6 Å². The molecule has 0 aromatic carbocycles. The van der Waals surface area contributed by atoms with Gasteiger partial charge >= 0.3 is 0 Å². The molecular formula is C16H24N4OS. The van der Waals surface area contributed by atoms with E-state index in [1.807, 2.05) is 4.90 Å². The van der Waals surface area contributed by atoms with E-state index in [9.17, 15) is 4.79 Å². The second-order valence-corrected chi connectivity index (χ2v) is 8.03. The maximum Gasteiger partial charge on any atom is 0.233 e. The average molecular weight is 320 g/mol. The molecule has 3 fully saturated rings. The summed E-state index contributed by atoms with van der Waals surface area (Å²) in [4.78, 5) is 14.4. The fraction of sp³-hybridized carbons (Fsp3) is 0.812. The standard InChI is InChI=1S/C16H24N4OS/c1-11-3-2-8-19(9-11)14(21)10-22-16-18-17-15(12-4-5-12)20(16)13-6-7-13/h11-13H,2-10H2,1H3. The lowest BCUT2D eigenvalue weighted by molar-refractivity contribution is -0.130. The van der Waals surface area contributed by atoms with Gasteiger partial charge in [-0.15, -0.1) is 10.2 Å². The monoisotopic (exact) mass is 320 g/mol. The number of carbonyl (C=O) groups excluding carboxylic acids is 1. The SMILES string of the molecule is CC1CCCN(C(=O)CSc2nnc(C3CC3)n2C2CC2)C1. The largest absolute Gasteiger partial charge is 0.342 e. The molecule has 5 nitrogen and oxygen atoms in total. The number of aromatic nitrogens is 3. The van der Waals surface area contributed by atoms with Crippen LogP contribution in [-0.4, -0.2) is 44.4 Å². The molecule has 1 unspecified atom stereocenters. The smallest absolute Gasteiger partial charge is 0.233 e. The molecule has 3 aliphatic rings. The van der Waals surface area contributed by atoms with E-state index in [-0.39, 0.29) is 5.91 Å². The first-order chi connectivity index (χ1) is 10.7. The predicted molar refractivity (Wildman–Crippen MR) is 86.0 cm³/mol. The molecule has 0 spiro atoms. The summed E-state index contributed by atoms with van der Waals surface area (Å²) in [5, 5.41) is 9.75.